The van der Waals surface area contributed by atoms with Crippen LogP contribution in [0.25, 0.3) is 0 Å². The molecule has 1 aromatic carbocycles. The monoisotopic (exact) mass is 234 g/mol. The molecule has 1 saturated heterocycles. The van der Waals surface area contributed by atoms with Crippen LogP contribution in [0.5, 0.6) is 5.75 Å². The molecule has 1 heterocycles. The third-order valence-electron chi connectivity index (χ3n) is 2.74. The summed E-state index contributed by atoms with van der Waals surface area (Å²) in [6.07, 6.45) is 1.88. The predicted molar refractivity (Wildman–Crippen MR) is 62.6 cm³/mol. The lowest BCUT2D eigenvalue weighted by molar-refractivity contribution is -0.142. The Balaban J connectivity index is 2.01. The number of amides is 2. The molecular weight excluding hydrogens is 220 g/mol. The van der Waals surface area contributed by atoms with Gasteiger partial charge < -0.3 is 15.3 Å². The number of hydrogen-bond acceptors (Lipinski definition) is 3. The van der Waals surface area contributed by atoms with Gasteiger partial charge in [0.2, 0.25) is 0 Å². The van der Waals surface area contributed by atoms with Gasteiger partial charge >= 0.3 is 11.8 Å². The quantitative estimate of drug-likeness (QED) is 0.561. The third kappa shape index (κ3) is 2.55. The largest absolute Gasteiger partial charge is 0.506 e. The molecule has 1 aliphatic heterocycles. The first kappa shape index (κ1) is 11.4. The molecule has 0 aliphatic carbocycles. The van der Waals surface area contributed by atoms with Crippen LogP contribution >= 0.6 is 0 Å². The maximum atomic E-state index is 11.7. The summed E-state index contributed by atoms with van der Waals surface area (Å²) in [6.45, 7) is 1.26. The van der Waals surface area contributed by atoms with Crippen molar-refractivity contribution >= 4 is 17.5 Å². The van der Waals surface area contributed by atoms with E-state index in [2.05, 4.69) is 5.32 Å². The molecule has 2 N–H and O–H groups in total. The Morgan fingerprint density at radius 1 is 1.18 bits per heavy atom. The molecule has 5 nitrogen and oxygen atoms in total. The topological polar surface area (TPSA) is 69.6 Å². The number of anilines is 1. The van der Waals surface area contributed by atoms with Gasteiger partial charge in [0.15, 0.2) is 0 Å². The zero-order chi connectivity index (χ0) is 12.3. The van der Waals surface area contributed by atoms with Gasteiger partial charge in [-0.25, -0.2) is 0 Å². The minimum absolute atomic E-state index is 0.0462. The fraction of sp³-hybridized carbons (Fsp3) is 0.333. The average molecular weight is 234 g/mol. The van der Waals surface area contributed by atoms with Crippen molar-refractivity contribution in [1.29, 1.82) is 0 Å². The smallest absolute Gasteiger partial charge is 0.314 e. The van der Waals surface area contributed by atoms with Crippen LogP contribution in [0.15, 0.2) is 24.3 Å². The normalized spacial score (nSPS) is 14.7. The van der Waals surface area contributed by atoms with E-state index in [1.54, 1.807) is 18.2 Å². The summed E-state index contributed by atoms with van der Waals surface area (Å²) in [4.78, 5) is 24.9. The summed E-state index contributed by atoms with van der Waals surface area (Å²) in [5.41, 5.74) is 0.255. The first-order chi connectivity index (χ1) is 8.18. The van der Waals surface area contributed by atoms with Crippen LogP contribution in [0.3, 0.4) is 0 Å². The van der Waals surface area contributed by atoms with Crippen LogP contribution in [0.4, 0.5) is 5.69 Å². The highest BCUT2D eigenvalue weighted by Gasteiger charge is 2.24. The first-order valence-electron chi connectivity index (χ1n) is 5.57. The van der Waals surface area contributed by atoms with E-state index in [1.165, 1.54) is 11.0 Å². The van der Waals surface area contributed by atoms with Gasteiger partial charge in [0, 0.05) is 13.1 Å². The molecule has 1 fully saturated rings. The number of nitrogens with zero attached hydrogens (tertiary/aromatic N) is 1. The highest BCUT2D eigenvalue weighted by atomic mass is 16.3. The molecule has 0 aromatic heterocycles. The number of para-hydroxylation sites is 2. The number of rotatable bonds is 1. The zero-order valence-corrected chi connectivity index (χ0v) is 9.35. The molecule has 5 heteroatoms. The Hall–Kier alpha value is -2.04. The number of benzene rings is 1. The molecule has 0 atom stereocenters. The third-order valence-corrected chi connectivity index (χ3v) is 2.74. The fourth-order valence-corrected chi connectivity index (χ4v) is 1.82. The molecule has 90 valence electrons. The Morgan fingerprint density at radius 3 is 2.47 bits per heavy atom. The van der Waals surface area contributed by atoms with Gasteiger partial charge in [-0.15, -0.1) is 0 Å². The summed E-state index contributed by atoms with van der Waals surface area (Å²) in [5.74, 6) is -1.28. The van der Waals surface area contributed by atoms with Crippen molar-refractivity contribution in [2.75, 3.05) is 18.4 Å². The molecular formula is C12H14N2O3. The zero-order valence-electron chi connectivity index (χ0n) is 9.35. The van der Waals surface area contributed by atoms with E-state index in [0.29, 0.717) is 13.1 Å². The number of phenolic OH excluding ortho intramolecular Hbond substituents is 1. The van der Waals surface area contributed by atoms with E-state index >= 15 is 0 Å². The molecule has 0 saturated carbocycles. The molecule has 2 amide bonds. The van der Waals surface area contributed by atoms with Crippen molar-refractivity contribution in [2.24, 2.45) is 0 Å². The SMILES string of the molecule is O=C(Nc1ccccc1O)C(=O)N1CCCC1. The van der Waals surface area contributed by atoms with Crippen molar-refractivity contribution in [3.8, 4) is 5.75 Å². The lowest BCUT2D eigenvalue weighted by atomic mass is 10.3. The van der Waals surface area contributed by atoms with Crippen LogP contribution in [-0.2, 0) is 9.59 Å². The number of likely N-dealkylation sites (tertiary alicyclic amines) is 1. The van der Waals surface area contributed by atoms with Crippen molar-refractivity contribution in [3.63, 3.8) is 0 Å². The maximum absolute atomic E-state index is 11.7. The Bertz CT molecular complexity index is 439. The highest BCUT2D eigenvalue weighted by Crippen LogP contribution is 2.21. The fourth-order valence-electron chi connectivity index (χ4n) is 1.82. The Morgan fingerprint density at radius 2 is 1.82 bits per heavy atom. The van der Waals surface area contributed by atoms with Crippen LogP contribution in [0.2, 0.25) is 0 Å². The second-order valence-corrected chi connectivity index (χ2v) is 3.97. The standard InChI is InChI=1S/C12H14N2O3/c15-10-6-2-1-5-9(10)13-11(16)12(17)14-7-3-4-8-14/h1-2,5-6,15H,3-4,7-8H2,(H,13,16). The summed E-state index contributed by atoms with van der Waals surface area (Å²) in [7, 11) is 0. The summed E-state index contributed by atoms with van der Waals surface area (Å²) in [5, 5.41) is 11.9. The lowest BCUT2D eigenvalue weighted by Crippen LogP contribution is -2.37. The number of phenols is 1. The average Bonchev–Trinajstić information content (AvgIpc) is 2.84. The number of carbonyl (C=O) groups excluding carboxylic acids is 2. The molecule has 17 heavy (non-hydrogen) atoms. The summed E-state index contributed by atoms with van der Waals surface area (Å²) in [6, 6.07) is 6.32. The van der Waals surface area contributed by atoms with E-state index < -0.39 is 11.8 Å². The van der Waals surface area contributed by atoms with Gasteiger partial charge in [-0.05, 0) is 25.0 Å². The number of aromatic hydroxyl groups is 1. The van der Waals surface area contributed by atoms with Gasteiger partial charge in [-0.1, -0.05) is 12.1 Å². The van der Waals surface area contributed by atoms with Crippen LogP contribution in [0.1, 0.15) is 12.8 Å². The summed E-state index contributed by atoms with van der Waals surface area (Å²) < 4.78 is 0. The van der Waals surface area contributed by atoms with Crippen molar-refractivity contribution in [3.05, 3.63) is 24.3 Å². The first-order valence-corrected chi connectivity index (χ1v) is 5.57. The maximum Gasteiger partial charge on any atom is 0.314 e. The van der Waals surface area contributed by atoms with Crippen molar-refractivity contribution in [1.82, 2.24) is 4.90 Å². The van der Waals surface area contributed by atoms with E-state index in [1.807, 2.05) is 0 Å². The lowest BCUT2D eigenvalue weighted by Gasteiger charge is -2.14. The highest BCUT2D eigenvalue weighted by molar-refractivity contribution is 6.39. The number of hydrogen-bond donors (Lipinski definition) is 2. The van der Waals surface area contributed by atoms with E-state index in [-0.39, 0.29) is 11.4 Å². The van der Waals surface area contributed by atoms with E-state index in [9.17, 15) is 14.7 Å². The van der Waals surface area contributed by atoms with Gasteiger partial charge in [0.25, 0.3) is 0 Å². The second-order valence-electron chi connectivity index (χ2n) is 3.97. The van der Waals surface area contributed by atoms with E-state index in [4.69, 9.17) is 0 Å². The van der Waals surface area contributed by atoms with Crippen LogP contribution in [0, 0.1) is 0 Å². The Labute approximate surface area is 99.0 Å². The molecule has 1 aromatic rings. The molecule has 2 rings (SSSR count). The molecule has 1 aliphatic rings. The minimum atomic E-state index is -0.701. The second kappa shape index (κ2) is 4.86. The minimum Gasteiger partial charge on any atom is -0.506 e. The predicted octanol–water partition coefficient (Wildman–Crippen LogP) is 0.953. The van der Waals surface area contributed by atoms with Gasteiger partial charge in [0.05, 0.1) is 5.69 Å². The number of carbonyl (C=O) groups is 2. The number of nitrogens with one attached hydrogen (secondary N) is 1. The molecule has 0 bridgehead atoms. The van der Waals surface area contributed by atoms with Crippen molar-refractivity contribution < 1.29 is 14.7 Å². The van der Waals surface area contributed by atoms with E-state index in [0.717, 1.165) is 12.8 Å². The van der Waals surface area contributed by atoms with Crippen molar-refractivity contribution in [2.45, 2.75) is 12.8 Å². The van der Waals surface area contributed by atoms with Gasteiger partial charge in [0.1, 0.15) is 5.75 Å². The molecule has 0 spiro atoms. The molecule has 0 unspecified atom stereocenters. The van der Waals surface area contributed by atoms with Gasteiger partial charge in [-0.3, -0.25) is 9.59 Å². The van der Waals surface area contributed by atoms with Gasteiger partial charge in [-0.2, -0.15) is 0 Å². The van der Waals surface area contributed by atoms with Crippen LogP contribution < -0.4 is 5.32 Å². The molecule has 0 radical (unpaired) electrons. The van der Waals surface area contributed by atoms with Crippen LogP contribution in [-0.4, -0.2) is 34.9 Å². The Kier molecular flexibility index (Phi) is 3.27. The summed E-state index contributed by atoms with van der Waals surface area (Å²) >= 11 is 0.